The third-order valence-corrected chi connectivity index (χ3v) is 4.48. The highest BCUT2D eigenvalue weighted by Gasteiger charge is 2.37. The van der Waals surface area contributed by atoms with Crippen LogP contribution in [0.4, 0.5) is 17.6 Å². The van der Waals surface area contributed by atoms with Crippen LogP contribution in [-0.2, 0) is 0 Å². The normalized spacial score (nSPS) is 17.4. The number of hydrogen-bond acceptors (Lipinski definition) is 1. The van der Waals surface area contributed by atoms with Gasteiger partial charge in [-0.15, -0.1) is 0 Å². The van der Waals surface area contributed by atoms with E-state index < -0.39 is 29.0 Å². The molecule has 0 aromatic heterocycles. The Labute approximate surface area is 110 Å². The van der Waals surface area contributed by atoms with Crippen molar-refractivity contribution >= 4 is 15.9 Å². The minimum atomic E-state index is -1.49. The summed E-state index contributed by atoms with van der Waals surface area (Å²) in [5.41, 5.74) is -0.193. The van der Waals surface area contributed by atoms with Crippen molar-refractivity contribution in [1.29, 1.82) is 0 Å². The fraction of sp³-hybridized carbons (Fsp3) is 0.500. The standard InChI is InChI=1S/C12H11BrF4O/c13-5-12(2-1-3-12)6-18-11-9(16)7(14)4-8(15)10(11)17/h4H,1-3,5-6H2. The fourth-order valence-corrected chi connectivity index (χ4v) is 2.62. The Kier molecular flexibility index (Phi) is 3.84. The topological polar surface area (TPSA) is 9.23 Å². The third kappa shape index (κ3) is 2.35. The van der Waals surface area contributed by atoms with Crippen LogP contribution >= 0.6 is 15.9 Å². The van der Waals surface area contributed by atoms with E-state index in [4.69, 9.17) is 4.74 Å². The SMILES string of the molecule is Fc1cc(F)c(F)c(OCC2(CBr)CCC2)c1F. The van der Waals surface area contributed by atoms with Gasteiger partial charge in [-0.2, -0.15) is 8.78 Å². The van der Waals surface area contributed by atoms with Crippen LogP contribution < -0.4 is 4.74 Å². The molecule has 1 aromatic carbocycles. The molecule has 18 heavy (non-hydrogen) atoms. The van der Waals surface area contributed by atoms with Gasteiger partial charge in [0, 0.05) is 16.8 Å². The number of alkyl halides is 1. The molecule has 1 aromatic rings. The molecule has 0 bridgehead atoms. The monoisotopic (exact) mass is 326 g/mol. The minimum Gasteiger partial charge on any atom is -0.487 e. The van der Waals surface area contributed by atoms with Gasteiger partial charge in [-0.3, -0.25) is 0 Å². The van der Waals surface area contributed by atoms with Crippen molar-refractivity contribution in [3.8, 4) is 5.75 Å². The Morgan fingerprint density at radius 2 is 1.67 bits per heavy atom. The van der Waals surface area contributed by atoms with E-state index in [1.165, 1.54) is 0 Å². The summed E-state index contributed by atoms with van der Waals surface area (Å²) >= 11 is 3.31. The van der Waals surface area contributed by atoms with Crippen LogP contribution in [0, 0.1) is 28.7 Å². The zero-order valence-corrected chi connectivity index (χ0v) is 11.0. The van der Waals surface area contributed by atoms with Crippen LogP contribution in [0.25, 0.3) is 0 Å². The molecule has 6 heteroatoms. The molecule has 1 aliphatic carbocycles. The maximum absolute atomic E-state index is 13.3. The number of ether oxygens (including phenoxy) is 1. The molecule has 1 aliphatic rings. The van der Waals surface area contributed by atoms with Crippen molar-refractivity contribution in [2.45, 2.75) is 19.3 Å². The molecule has 0 spiro atoms. The van der Waals surface area contributed by atoms with Gasteiger partial charge in [0.15, 0.2) is 17.4 Å². The number of halogens is 5. The molecular formula is C12H11BrF4O. The summed E-state index contributed by atoms with van der Waals surface area (Å²) in [5.74, 6) is -6.86. The molecule has 0 unspecified atom stereocenters. The number of hydrogen-bond donors (Lipinski definition) is 0. The molecule has 2 rings (SSSR count). The molecule has 1 nitrogen and oxygen atoms in total. The lowest BCUT2D eigenvalue weighted by Gasteiger charge is -2.39. The molecule has 0 amide bonds. The Hall–Kier alpha value is -0.780. The highest BCUT2D eigenvalue weighted by molar-refractivity contribution is 9.09. The average molecular weight is 327 g/mol. The van der Waals surface area contributed by atoms with E-state index in [0.29, 0.717) is 5.33 Å². The van der Waals surface area contributed by atoms with Gasteiger partial charge in [-0.1, -0.05) is 22.4 Å². The van der Waals surface area contributed by atoms with Crippen molar-refractivity contribution < 1.29 is 22.3 Å². The van der Waals surface area contributed by atoms with E-state index in [2.05, 4.69) is 15.9 Å². The van der Waals surface area contributed by atoms with Gasteiger partial charge in [-0.05, 0) is 12.8 Å². The molecule has 0 radical (unpaired) electrons. The van der Waals surface area contributed by atoms with Crippen LogP contribution in [0.2, 0.25) is 0 Å². The summed E-state index contributed by atoms with van der Waals surface area (Å²) in [6.07, 6.45) is 2.73. The number of rotatable bonds is 4. The Balaban J connectivity index is 2.19. The first kappa shape index (κ1) is 13.6. The zero-order valence-electron chi connectivity index (χ0n) is 9.41. The summed E-state index contributed by atoms with van der Waals surface area (Å²) in [6, 6.07) is 0.168. The van der Waals surface area contributed by atoms with E-state index in [1.54, 1.807) is 0 Å². The van der Waals surface area contributed by atoms with Gasteiger partial charge in [0.05, 0.1) is 6.61 Å². The van der Waals surface area contributed by atoms with Gasteiger partial charge in [0.1, 0.15) is 0 Å². The average Bonchev–Trinajstić information content (AvgIpc) is 2.29. The van der Waals surface area contributed by atoms with E-state index in [9.17, 15) is 17.6 Å². The molecule has 0 heterocycles. The predicted molar refractivity (Wildman–Crippen MR) is 61.8 cm³/mol. The van der Waals surface area contributed by atoms with E-state index in [0.717, 1.165) is 19.3 Å². The highest BCUT2D eigenvalue weighted by Crippen LogP contribution is 2.43. The second-order valence-electron chi connectivity index (χ2n) is 4.57. The summed E-state index contributed by atoms with van der Waals surface area (Å²) in [7, 11) is 0. The van der Waals surface area contributed by atoms with E-state index in [-0.39, 0.29) is 18.1 Å². The molecule has 0 N–H and O–H groups in total. The minimum absolute atomic E-state index is 0.0367. The van der Waals surface area contributed by atoms with Crippen LogP contribution in [0.15, 0.2) is 6.07 Å². The summed E-state index contributed by atoms with van der Waals surface area (Å²) in [4.78, 5) is 0. The summed E-state index contributed by atoms with van der Waals surface area (Å²) < 4.78 is 57.5. The molecule has 1 fully saturated rings. The molecule has 0 saturated heterocycles. The van der Waals surface area contributed by atoms with Gasteiger partial charge in [0.2, 0.25) is 11.6 Å². The zero-order chi connectivity index (χ0) is 13.3. The smallest absolute Gasteiger partial charge is 0.203 e. The quantitative estimate of drug-likeness (QED) is 0.458. The van der Waals surface area contributed by atoms with Crippen molar-refractivity contribution in [1.82, 2.24) is 0 Å². The number of benzene rings is 1. The van der Waals surface area contributed by atoms with Crippen molar-refractivity contribution in [3.63, 3.8) is 0 Å². The fourth-order valence-electron chi connectivity index (χ4n) is 1.90. The Morgan fingerprint density at radius 1 is 1.11 bits per heavy atom. The largest absolute Gasteiger partial charge is 0.487 e. The first-order valence-corrected chi connectivity index (χ1v) is 6.63. The lowest BCUT2D eigenvalue weighted by atomic mass is 9.71. The molecule has 100 valence electrons. The van der Waals surface area contributed by atoms with E-state index >= 15 is 0 Å². The summed E-state index contributed by atoms with van der Waals surface area (Å²) in [6.45, 7) is 0.0367. The van der Waals surface area contributed by atoms with Gasteiger partial charge in [-0.25, -0.2) is 8.78 Å². The third-order valence-electron chi connectivity index (χ3n) is 3.29. The van der Waals surface area contributed by atoms with Gasteiger partial charge < -0.3 is 4.74 Å². The van der Waals surface area contributed by atoms with Crippen molar-refractivity contribution in [2.24, 2.45) is 5.41 Å². The Morgan fingerprint density at radius 3 is 2.06 bits per heavy atom. The van der Waals surface area contributed by atoms with Crippen LogP contribution in [0.3, 0.4) is 0 Å². The molecule has 0 aliphatic heterocycles. The van der Waals surface area contributed by atoms with Crippen molar-refractivity contribution in [3.05, 3.63) is 29.3 Å². The second kappa shape index (κ2) is 5.07. The maximum Gasteiger partial charge on any atom is 0.203 e. The van der Waals surface area contributed by atoms with Crippen LogP contribution in [-0.4, -0.2) is 11.9 Å². The van der Waals surface area contributed by atoms with Gasteiger partial charge >= 0.3 is 0 Å². The van der Waals surface area contributed by atoms with Gasteiger partial charge in [0.25, 0.3) is 0 Å². The maximum atomic E-state index is 13.3. The predicted octanol–water partition coefficient (Wildman–Crippen LogP) is 4.19. The van der Waals surface area contributed by atoms with Crippen LogP contribution in [0.1, 0.15) is 19.3 Å². The lowest BCUT2D eigenvalue weighted by Crippen LogP contribution is -2.37. The van der Waals surface area contributed by atoms with Crippen LogP contribution in [0.5, 0.6) is 5.75 Å². The Bertz CT molecular complexity index is 428. The summed E-state index contributed by atoms with van der Waals surface area (Å²) in [5, 5.41) is 0.626. The van der Waals surface area contributed by atoms with E-state index in [1.807, 2.05) is 0 Å². The first-order valence-electron chi connectivity index (χ1n) is 5.51. The molecule has 1 saturated carbocycles. The highest BCUT2D eigenvalue weighted by atomic mass is 79.9. The molecular weight excluding hydrogens is 316 g/mol. The lowest BCUT2D eigenvalue weighted by molar-refractivity contribution is 0.0775. The molecule has 0 atom stereocenters. The second-order valence-corrected chi connectivity index (χ2v) is 5.13. The first-order chi connectivity index (χ1) is 8.49. The van der Waals surface area contributed by atoms with Crippen molar-refractivity contribution in [2.75, 3.05) is 11.9 Å².